The molecular formula is C16H21N4O2+. The Morgan fingerprint density at radius 3 is 2.50 bits per heavy atom. The van der Waals surface area contributed by atoms with E-state index in [4.69, 9.17) is 0 Å². The first-order chi connectivity index (χ1) is 10.5. The molecule has 2 heterocycles. The van der Waals surface area contributed by atoms with Gasteiger partial charge in [0.25, 0.3) is 5.56 Å². The molecule has 0 bridgehead atoms. The number of hydrogen-bond donors (Lipinski definition) is 2. The number of fused-ring (bicyclic) bond motifs is 1. The van der Waals surface area contributed by atoms with E-state index in [2.05, 4.69) is 24.4 Å². The maximum absolute atomic E-state index is 12.4. The van der Waals surface area contributed by atoms with Crippen LogP contribution in [0.4, 0.5) is 5.82 Å². The van der Waals surface area contributed by atoms with Crippen LogP contribution in [0.15, 0.2) is 39.9 Å². The summed E-state index contributed by atoms with van der Waals surface area (Å²) in [6.45, 7) is 3.45. The summed E-state index contributed by atoms with van der Waals surface area (Å²) in [5.74, 6) is 0.650. The minimum atomic E-state index is -0.296. The van der Waals surface area contributed by atoms with Crippen LogP contribution in [-0.2, 0) is 20.6 Å². The summed E-state index contributed by atoms with van der Waals surface area (Å²) in [5, 5.41) is 3.25. The lowest BCUT2D eigenvalue weighted by Gasteiger charge is -2.32. The maximum atomic E-state index is 12.4. The Hall–Kier alpha value is -2.34. The van der Waals surface area contributed by atoms with Crippen molar-refractivity contribution in [2.75, 3.05) is 12.0 Å². The molecule has 0 fully saturated rings. The van der Waals surface area contributed by atoms with Crippen molar-refractivity contribution in [3.63, 3.8) is 0 Å². The van der Waals surface area contributed by atoms with Gasteiger partial charge in [-0.2, -0.15) is 0 Å². The molecule has 2 unspecified atom stereocenters. The van der Waals surface area contributed by atoms with Gasteiger partial charge in [-0.25, -0.2) is 4.79 Å². The number of benzene rings is 1. The van der Waals surface area contributed by atoms with E-state index >= 15 is 0 Å². The Bertz CT molecular complexity index is 807. The molecule has 0 saturated carbocycles. The fourth-order valence-corrected chi connectivity index (χ4v) is 3.07. The molecule has 6 heteroatoms. The summed E-state index contributed by atoms with van der Waals surface area (Å²) in [6, 6.07) is 10.5. The molecule has 0 radical (unpaired) electrons. The van der Waals surface area contributed by atoms with E-state index < -0.39 is 0 Å². The summed E-state index contributed by atoms with van der Waals surface area (Å²) >= 11 is 0. The normalized spacial score (nSPS) is 18.4. The second-order valence-corrected chi connectivity index (χ2v) is 5.85. The molecule has 3 rings (SSSR count). The zero-order valence-corrected chi connectivity index (χ0v) is 13.1. The Labute approximate surface area is 128 Å². The van der Waals surface area contributed by atoms with Crippen molar-refractivity contribution in [3.05, 3.63) is 62.3 Å². The standard InChI is InChI=1S/C16H20N4O2/c1-11(12-7-5-4-6-8-12)20-9-13-14(17-10-20)18(2)16(22)19(3)15(13)21/h4-8,11,17H,9-10H2,1-3H3/p+1. The molecule has 0 spiro atoms. The fraction of sp³-hybridized carbons (Fsp3) is 0.375. The second kappa shape index (κ2) is 5.46. The minimum absolute atomic E-state index is 0.205. The Kier molecular flexibility index (Phi) is 3.62. The molecule has 2 atom stereocenters. The van der Waals surface area contributed by atoms with Crippen LogP contribution in [0.3, 0.4) is 0 Å². The van der Waals surface area contributed by atoms with Crippen LogP contribution in [0.5, 0.6) is 0 Å². The minimum Gasteiger partial charge on any atom is -0.324 e. The van der Waals surface area contributed by atoms with Crippen molar-refractivity contribution in [3.8, 4) is 0 Å². The smallest absolute Gasteiger partial charge is 0.324 e. The van der Waals surface area contributed by atoms with Crippen molar-refractivity contribution < 1.29 is 4.90 Å². The predicted molar refractivity (Wildman–Crippen MR) is 84.9 cm³/mol. The summed E-state index contributed by atoms with van der Waals surface area (Å²) in [4.78, 5) is 25.6. The van der Waals surface area contributed by atoms with Gasteiger partial charge >= 0.3 is 5.69 Å². The Morgan fingerprint density at radius 2 is 1.82 bits per heavy atom. The van der Waals surface area contributed by atoms with E-state index in [1.54, 1.807) is 7.05 Å². The van der Waals surface area contributed by atoms with Gasteiger partial charge in [0.2, 0.25) is 0 Å². The maximum Gasteiger partial charge on any atom is 0.332 e. The second-order valence-electron chi connectivity index (χ2n) is 5.85. The highest BCUT2D eigenvalue weighted by molar-refractivity contribution is 5.44. The van der Waals surface area contributed by atoms with Crippen LogP contribution < -0.4 is 21.5 Å². The summed E-state index contributed by atoms with van der Waals surface area (Å²) < 4.78 is 2.69. The van der Waals surface area contributed by atoms with Crippen molar-refractivity contribution in [2.45, 2.75) is 19.5 Å². The quantitative estimate of drug-likeness (QED) is 0.794. The number of hydrogen-bond acceptors (Lipinski definition) is 3. The van der Waals surface area contributed by atoms with Gasteiger partial charge in [0, 0.05) is 19.7 Å². The summed E-state index contributed by atoms with van der Waals surface area (Å²) in [7, 11) is 3.22. The van der Waals surface area contributed by atoms with E-state index in [-0.39, 0.29) is 17.3 Å². The molecule has 0 amide bonds. The van der Waals surface area contributed by atoms with E-state index in [1.807, 2.05) is 18.2 Å². The van der Waals surface area contributed by atoms with Crippen LogP contribution in [0.25, 0.3) is 0 Å². The number of quaternary nitrogens is 1. The molecule has 6 nitrogen and oxygen atoms in total. The third-order valence-electron chi connectivity index (χ3n) is 4.56. The van der Waals surface area contributed by atoms with E-state index in [0.717, 1.165) is 0 Å². The first-order valence-electron chi connectivity index (χ1n) is 7.43. The van der Waals surface area contributed by atoms with E-state index in [9.17, 15) is 9.59 Å². The average Bonchev–Trinajstić information content (AvgIpc) is 2.57. The van der Waals surface area contributed by atoms with Crippen LogP contribution in [-0.4, -0.2) is 15.8 Å². The SMILES string of the molecule is CC(c1ccccc1)[NH+]1CNc2c(c(=O)n(C)c(=O)n2C)C1. The molecule has 22 heavy (non-hydrogen) atoms. The molecule has 1 aromatic carbocycles. The Morgan fingerprint density at radius 1 is 1.14 bits per heavy atom. The number of aromatic nitrogens is 2. The number of rotatable bonds is 2. The third-order valence-corrected chi connectivity index (χ3v) is 4.56. The van der Waals surface area contributed by atoms with E-state index in [0.29, 0.717) is 24.6 Å². The van der Waals surface area contributed by atoms with Gasteiger partial charge in [-0.3, -0.25) is 13.9 Å². The average molecular weight is 301 g/mol. The van der Waals surface area contributed by atoms with Gasteiger partial charge in [-0.1, -0.05) is 30.3 Å². The molecule has 116 valence electrons. The van der Waals surface area contributed by atoms with Gasteiger partial charge in [0.05, 0.1) is 0 Å². The molecule has 1 aromatic heterocycles. The van der Waals surface area contributed by atoms with Crippen molar-refractivity contribution in [1.29, 1.82) is 0 Å². The fourth-order valence-electron chi connectivity index (χ4n) is 3.07. The lowest BCUT2D eigenvalue weighted by atomic mass is 10.1. The van der Waals surface area contributed by atoms with Crippen molar-refractivity contribution in [1.82, 2.24) is 9.13 Å². The van der Waals surface area contributed by atoms with Gasteiger partial charge in [0.1, 0.15) is 24.0 Å². The predicted octanol–water partition coefficient (Wildman–Crippen LogP) is -0.387. The first-order valence-corrected chi connectivity index (χ1v) is 7.43. The van der Waals surface area contributed by atoms with Gasteiger partial charge in [-0.05, 0) is 6.92 Å². The van der Waals surface area contributed by atoms with Crippen LogP contribution in [0, 0.1) is 0 Å². The topological polar surface area (TPSA) is 60.5 Å². The first kappa shape index (κ1) is 14.6. The monoisotopic (exact) mass is 301 g/mol. The highest BCUT2D eigenvalue weighted by Gasteiger charge is 2.29. The van der Waals surface area contributed by atoms with Crippen molar-refractivity contribution >= 4 is 5.82 Å². The molecule has 0 aliphatic carbocycles. The zero-order valence-electron chi connectivity index (χ0n) is 13.1. The molecule has 1 aliphatic rings. The largest absolute Gasteiger partial charge is 0.332 e. The van der Waals surface area contributed by atoms with Gasteiger partial charge in [0.15, 0.2) is 6.67 Å². The lowest BCUT2D eigenvalue weighted by molar-refractivity contribution is -0.941. The third kappa shape index (κ3) is 2.25. The molecule has 2 aromatic rings. The zero-order chi connectivity index (χ0) is 15.9. The molecule has 0 saturated heterocycles. The van der Waals surface area contributed by atoms with Crippen LogP contribution >= 0.6 is 0 Å². The highest BCUT2D eigenvalue weighted by Crippen LogP contribution is 2.13. The number of nitrogens with one attached hydrogen (secondary N) is 2. The Balaban J connectivity index is 1.98. The highest BCUT2D eigenvalue weighted by atomic mass is 16.2. The number of anilines is 1. The molecule has 2 N–H and O–H groups in total. The van der Waals surface area contributed by atoms with Crippen molar-refractivity contribution in [2.24, 2.45) is 14.1 Å². The number of nitrogens with zero attached hydrogens (tertiary/aromatic N) is 2. The molecular weight excluding hydrogens is 280 g/mol. The van der Waals surface area contributed by atoms with Crippen LogP contribution in [0.2, 0.25) is 0 Å². The lowest BCUT2D eigenvalue weighted by Crippen LogP contribution is -3.12. The van der Waals surface area contributed by atoms with Gasteiger partial charge < -0.3 is 10.2 Å². The summed E-state index contributed by atoms with van der Waals surface area (Å²) in [5.41, 5.74) is 1.41. The van der Waals surface area contributed by atoms with Crippen LogP contribution in [0.1, 0.15) is 24.1 Å². The van der Waals surface area contributed by atoms with E-state index in [1.165, 1.54) is 26.6 Å². The summed E-state index contributed by atoms with van der Waals surface area (Å²) in [6.07, 6.45) is 0. The molecule has 1 aliphatic heterocycles. The van der Waals surface area contributed by atoms with Gasteiger partial charge in [-0.15, -0.1) is 0 Å².